The van der Waals surface area contributed by atoms with E-state index in [1.165, 1.54) is 50.1 Å². The van der Waals surface area contributed by atoms with Crippen LogP contribution in [0.15, 0.2) is 24.3 Å². The summed E-state index contributed by atoms with van der Waals surface area (Å²) in [5.74, 6) is 0.635. The summed E-state index contributed by atoms with van der Waals surface area (Å²) in [4.78, 5) is 5.28. The Morgan fingerprint density at radius 3 is 2.16 bits per heavy atom. The number of piperazine rings is 1. The SMILES string of the molecule is CC(C)c1ccc(CN2CCN(C3CC3)CC2)cc1. The molecule has 0 radical (unpaired) electrons. The number of nitrogens with zero attached hydrogens (tertiary/aromatic N) is 2. The van der Waals surface area contributed by atoms with Gasteiger partial charge in [-0.2, -0.15) is 0 Å². The second-order valence-corrected chi connectivity index (χ2v) is 6.44. The Morgan fingerprint density at radius 1 is 1.00 bits per heavy atom. The molecular weight excluding hydrogens is 232 g/mol. The highest BCUT2D eigenvalue weighted by Crippen LogP contribution is 2.27. The van der Waals surface area contributed by atoms with Gasteiger partial charge in [-0.05, 0) is 29.9 Å². The molecule has 1 aromatic rings. The molecule has 19 heavy (non-hydrogen) atoms. The minimum absolute atomic E-state index is 0.635. The van der Waals surface area contributed by atoms with E-state index in [1.54, 1.807) is 0 Å². The Kier molecular flexibility index (Phi) is 3.90. The van der Waals surface area contributed by atoms with E-state index in [-0.39, 0.29) is 0 Å². The number of benzene rings is 1. The highest BCUT2D eigenvalue weighted by Gasteiger charge is 2.30. The minimum atomic E-state index is 0.635. The second kappa shape index (κ2) is 5.64. The van der Waals surface area contributed by atoms with Crippen LogP contribution in [0.5, 0.6) is 0 Å². The molecule has 0 unspecified atom stereocenters. The van der Waals surface area contributed by atoms with E-state index in [0.717, 1.165) is 12.6 Å². The van der Waals surface area contributed by atoms with Gasteiger partial charge in [0, 0.05) is 38.8 Å². The summed E-state index contributed by atoms with van der Waals surface area (Å²) in [5.41, 5.74) is 2.91. The van der Waals surface area contributed by atoms with Crippen LogP contribution in [0, 0.1) is 0 Å². The molecule has 0 aromatic heterocycles. The standard InChI is InChI=1S/C17H26N2/c1-14(2)16-5-3-15(4-6-16)13-18-9-11-19(12-10-18)17-7-8-17/h3-6,14,17H,7-13H2,1-2H3. The third-order valence-corrected chi connectivity index (χ3v) is 4.52. The summed E-state index contributed by atoms with van der Waals surface area (Å²) in [7, 11) is 0. The number of hydrogen-bond donors (Lipinski definition) is 0. The summed E-state index contributed by atoms with van der Waals surface area (Å²) in [6.07, 6.45) is 2.88. The van der Waals surface area contributed by atoms with Crippen molar-refractivity contribution < 1.29 is 0 Å². The zero-order chi connectivity index (χ0) is 13.2. The van der Waals surface area contributed by atoms with Crippen molar-refractivity contribution in [1.29, 1.82) is 0 Å². The Labute approximate surface area is 117 Å². The Bertz CT molecular complexity index is 398. The van der Waals surface area contributed by atoms with E-state index in [1.807, 2.05) is 0 Å². The number of hydrogen-bond acceptors (Lipinski definition) is 2. The van der Waals surface area contributed by atoms with Gasteiger partial charge >= 0.3 is 0 Å². The van der Waals surface area contributed by atoms with Gasteiger partial charge in [0.2, 0.25) is 0 Å². The summed E-state index contributed by atoms with van der Waals surface area (Å²) in [6.45, 7) is 10.7. The fraction of sp³-hybridized carbons (Fsp3) is 0.647. The van der Waals surface area contributed by atoms with Crippen LogP contribution in [0.2, 0.25) is 0 Å². The van der Waals surface area contributed by atoms with Crippen LogP contribution in [0.25, 0.3) is 0 Å². The molecule has 3 rings (SSSR count). The van der Waals surface area contributed by atoms with E-state index in [0.29, 0.717) is 5.92 Å². The zero-order valence-corrected chi connectivity index (χ0v) is 12.3. The van der Waals surface area contributed by atoms with Crippen molar-refractivity contribution in [2.24, 2.45) is 0 Å². The summed E-state index contributed by atoms with van der Waals surface area (Å²) in [6, 6.07) is 10.1. The van der Waals surface area contributed by atoms with Crippen molar-refractivity contribution >= 4 is 0 Å². The van der Waals surface area contributed by atoms with E-state index < -0.39 is 0 Å². The Balaban J connectivity index is 1.51. The largest absolute Gasteiger partial charge is 0.298 e. The summed E-state index contributed by atoms with van der Waals surface area (Å²) in [5, 5.41) is 0. The molecule has 0 spiro atoms. The maximum absolute atomic E-state index is 2.68. The molecule has 2 nitrogen and oxygen atoms in total. The zero-order valence-electron chi connectivity index (χ0n) is 12.3. The lowest BCUT2D eigenvalue weighted by molar-refractivity contribution is 0.121. The van der Waals surface area contributed by atoms with Gasteiger partial charge in [0.25, 0.3) is 0 Å². The van der Waals surface area contributed by atoms with Crippen LogP contribution in [0.3, 0.4) is 0 Å². The lowest BCUT2D eigenvalue weighted by Gasteiger charge is -2.34. The fourth-order valence-electron chi connectivity index (χ4n) is 2.99. The van der Waals surface area contributed by atoms with Gasteiger partial charge in [-0.3, -0.25) is 9.80 Å². The van der Waals surface area contributed by atoms with Crippen molar-refractivity contribution in [2.45, 2.75) is 45.2 Å². The van der Waals surface area contributed by atoms with Crippen molar-refractivity contribution in [3.05, 3.63) is 35.4 Å². The topological polar surface area (TPSA) is 6.48 Å². The molecule has 1 saturated carbocycles. The van der Waals surface area contributed by atoms with Crippen LogP contribution in [-0.4, -0.2) is 42.0 Å². The third kappa shape index (κ3) is 3.37. The molecule has 1 aromatic carbocycles. The first-order valence-electron chi connectivity index (χ1n) is 7.77. The van der Waals surface area contributed by atoms with E-state index in [2.05, 4.69) is 47.9 Å². The first-order chi connectivity index (χ1) is 9.22. The molecule has 0 N–H and O–H groups in total. The van der Waals surface area contributed by atoms with E-state index in [9.17, 15) is 0 Å². The van der Waals surface area contributed by atoms with Crippen LogP contribution < -0.4 is 0 Å². The predicted octanol–water partition coefficient (Wildman–Crippen LogP) is 3.09. The first kappa shape index (κ1) is 13.1. The van der Waals surface area contributed by atoms with Crippen LogP contribution in [-0.2, 0) is 6.54 Å². The van der Waals surface area contributed by atoms with Crippen LogP contribution >= 0.6 is 0 Å². The molecule has 2 fully saturated rings. The summed E-state index contributed by atoms with van der Waals surface area (Å²) >= 11 is 0. The molecule has 0 atom stereocenters. The molecule has 1 heterocycles. The van der Waals surface area contributed by atoms with Gasteiger partial charge < -0.3 is 0 Å². The highest BCUT2D eigenvalue weighted by molar-refractivity contribution is 5.24. The summed E-state index contributed by atoms with van der Waals surface area (Å²) < 4.78 is 0. The molecule has 1 saturated heterocycles. The second-order valence-electron chi connectivity index (χ2n) is 6.44. The Hall–Kier alpha value is -0.860. The van der Waals surface area contributed by atoms with Gasteiger partial charge in [0.1, 0.15) is 0 Å². The van der Waals surface area contributed by atoms with Crippen molar-refractivity contribution in [3.8, 4) is 0 Å². The minimum Gasteiger partial charge on any atom is -0.298 e. The van der Waals surface area contributed by atoms with Gasteiger partial charge in [0.15, 0.2) is 0 Å². The first-order valence-corrected chi connectivity index (χ1v) is 7.77. The maximum atomic E-state index is 2.68. The Morgan fingerprint density at radius 2 is 1.63 bits per heavy atom. The average Bonchev–Trinajstić information content (AvgIpc) is 3.25. The van der Waals surface area contributed by atoms with E-state index >= 15 is 0 Å². The van der Waals surface area contributed by atoms with Crippen LogP contribution in [0.1, 0.15) is 43.7 Å². The fourth-order valence-corrected chi connectivity index (χ4v) is 2.99. The quantitative estimate of drug-likeness (QED) is 0.819. The van der Waals surface area contributed by atoms with Crippen molar-refractivity contribution in [2.75, 3.05) is 26.2 Å². The third-order valence-electron chi connectivity index (χ3n) is 4.52. The molecule has 0 bridgehead atoms. The highest BCUT2D eigenvalue weighted by atomic mass is 15.3. The lowest BCUT2D eigenvalue weighted by Crippen LogP contribution is -2.46. The molecular formula is C17H26N2. The van der Waals surface area contributed by atoms with Gasteiger partial charge in [-0.1, -0.05) is 38.1 Å². The molecule has 0 amide bonds. The molecule has 2 aliphatic rings. The van der Waals surface area contributed by atoms with E-state index in [4.69, 9.17) is 0 Å². The van der Waals surface area contributed by atoms with Crippen molar-refractivity contribution in [3.63, 3.8) is 0 Å². The maximum Gasteiger partial charge on any atom is 0.0234 e. The smallest absolute Gasteiger partial charge is 0.0234 e. The molecule has 1 aliphatic carbocycles. The normalized spacial score (nSPS) is 22.1. The molecule has 1 aliphatic heterocycles. The predicted molar refractivity (Wildman–Crippen MR) is 80.4 cm³/mol. The monoisotopic (exact) mass is 258 g/mol. The molecule has 104 valence electrons. The average molecular weight is 258 g/mol. The van der Waals surface area contributed by atoms with Crippen molar-refractivity contribution in [1.82, 2.24) is 9.80 Å². The van der Waals surface area contributed by atoms with Gasteiger partial charge in [-0.15, -0.1) is 0 Å². The van der Waals surface area contributed by atoms with Gasteiger partial charge in [-0.25, -0.2) is 0 Å². The lowest BCUT2D eigenvalue weighted by atomic mass is 10.0. The van der Waals surface area contributed by atoms with Crippen LogP contribution in [0.4, 0.5) is 0 Å². The number of rotatable bonds is 4. The van der Waals surface area contributed by atoms with Gasteiger partial charge in [0.05, 0.1) is 0 Å². The molecule has 2 heteroatoms.